The van der Waals surface area contributed by atoms with E-state index in [1.807, 2.05) is 0 Å². The number of ether oxygens (including phenoxy) is 1. The molecule has 0 atom stereocenters. The highest BCUT2D eigenvalue weighted by Gasteiger charge is 1.95. The fraction of sp³-hybridized carbons (Fsp3) is 0.250. The van der Waals surface area contributed by atoms with Crippen LogP contribution in [-0.2, 0) is 14.4 Å². The van der Waals surface area contributed by atoms with Gasteiger partial charge in [0.1, 0.15) is 5.82 Å². The number of hydrogen-bond acceptors (Lipinski definition) is 3. The molecule has 4 nitrogen and oxygen atoms in total. The quantitative estimate of drug-likeness (QED) is 0.465. The van der Waals surface area contributed by atoms with Crippen LogP contribution in [0.15, 0.2) is 30.3 Å². The molecular formula is C12H14FNO3. The minimum atomic E-state index is -0.412. The number of amides is 1. The van der Waals surface area contributed by atoms with Gasteiger partial charge >= 0.3 is 0 Å². The average Bonchev–Trinajstić information content (AvgIpc) is 2.32. The number of hydrogen-bond donors (Lipinski definition) is 1. The van der Waals surface area contributed by atoms with Gasteiger partial charge in [0, 0.05) is 13.2 Å². The van der Waals surface area contributed by atoms with E-state index in [1.165, 1.54) is 31.4 Å². The molecule has 1 aromatic carbocycles. The van der Waals surface area contributed by atoms with Gasteiger partial charge < -0.3 is 4.74 Å². The van der Waals surface area contributed by atoms with Gasteiger partial charge in [0.2, 0.25) is 0 Å². The molecule has 0 saturated carbocycles. The van der Waals surface area contributed by atoms with Crippen molar-refractivity contribution in [2.75, 3.05) is 20.3 Å². The summed E-state index contributed by atoms with van der Waals surface area (Å²) < 4.78 is 17.5. The lowest BCUT2D eigenvalue weighted by Crippen LogP contribution is -2.23. The third-order valence-electron chi connectivity index (χ3n) is 1.84. The van der Waals surface area contributed by atoms with E-state index in [0.29, 0.717) is 12.2 Å². The van der Waals surface area contributed by atoms with Crippen molar-refractivity contribution >= 4 is 12.0 Å². The fourth-order valence-electron chi connectivity index (χ4n) is 1.06. The summed E-state index contributed by atoms with van der Waals surface area (Å²) in [6.07, 6.45) is 2.76. The molecule has 1 amide bonds. The molecule has 1 N–H and O–H groups in total. The van der Waals surface area contributed by atoms with Crippen molar-refractivity contribution in [1.29, 1.82) is 0 Å². The van der Waals surface area contributed by atoms with Crippen LogP contribution in [0.3, 0.4) is 0 Å². The summed E-state index contributed by atoms with van der Waals surface area (Å²) >= 11 is 0. The number of hydroxylamine groups is 1. The van der Waals surface area contributed by atoms with Crippen LogP contribution in [0.4, 0.5) is 4.39 Å². The molecule has 0 radical (unpaired) electrons. The Morgan fingerprint density at radius 3 is 3.00 bits per heavy atom. The number of carbonyl (C=O) groups excluding carboxylic acids is 1. The number of halogens is 1. The number of nitrogens with one attached hydrogen (secondary N) is 1. The monoisotopic (exact) mass is 239 g/mol. The fourth-order valence-corrected chi connectivity index (χ4v) is 1.06. The summed E-state index contributed by atoms with van der Waals surface area (Å²) in [5.74, 6) is -0.755. The molecule has 0 heterocycles. The summed E-state index contributed by atoms with van der Waals surface area (Å²) in [4.78, 5) is 16.0. The predicted octanol–water partition coefficient (Wildman–Crippen LogP) is 1.53. The number of rotatable bonds is 6. The molecule has 0 aliphatic carbocycles. The molecule has 1 aromatic rings. The van der Waals surface area contributed by atoms with Crippen LogP contribution in [0.5, 0.6) is 0 Å². The smallest absolute Gasteiger partial charge is 0.267 e. The van der Waals surface area contributed by atoms with E-state index in [-0.39, 0.29) is 12.4 Å². The molecule has 0 aromatic heterocycles. The maximum Gasteiger partial charge on any atom is 0.267 e. The predicted molar refractivity (Wildman–Crippen MR) is 61.4 cm³/mol. The van der Waals surface area contributed by atoms with Crippen molar-refractivity contribution < 1.29 is 18.8 Å². The van der Waals surface area contributed by atoms with E-state index in [2.05, 4.69) is 5.48 Å². The van der Waals surface area contributed by atoms with Crippen molar-refractivity contribution in [2.45, 2.75) is 0 Å². The maximum absolute atomic E-state index is 12.8. The molecule has 5 heteroatoms. The zero-order valence-electron chi connectivity index (χ0n) is 9.48. The number of methoxy groups -OCH3 is 1. The Labute approximate surface area is 99.0 Å². The lowest BCUT2D eigenvalue weighted by atomic mass is 10.2. The van der Waals surface area contributed by atoms with Crippen LogP contribution in [0.25, 0.3) is 6.08 Å². The van der Waals surface area contributed by atoms with E-state index in [4.69, 9.17) is 9.57 Å². The standard InChI is InChI=1S/C12H14FNO3/c1-16-7-8-17-14-12(15)6-5-10-3-2-4-11(13)9-10/h2-6,9H,7-8H2,1H3,(H,14,15)/b6-5+. The molecule has 92 valence electrons. The molecule has 1 rings (SSSR count). The topological polar surface area (TPSA) is 47.6 Å². The third-order valence-corrected chi connectivity index (χ3v) is 1.84. The first-order valence-electron chi connectivity index (χ1n) is 5.06. The first kappa shape index (κ1) is 13.3. The van der Waals surface area contributed by atoms with Gasteiger partial charge in [0.25, 0.3) is 5.91 Å². The Balaban J connectivity index is 2.35. The molecule has 17 heavy (non-hydrogen) atoms. The van der Waals surface area contributed by atoms with E-state index < -0.39 is 5.91 Å². The first-order valence-corrected chi connectivity index (χ1v) is 5.06. The molecule has 0 spiro atoms. The number of carbonyl (C=O) groups is 1. The van der Waals surface area contributed by atoms with Crippen LogP contribution < -0.4 is 5.48 Å². The van der Waals surface area contributed by atoms with Crippen LogP contribution in [0.2, 0.25) is 0 Å². The summed E-state index contributed by atoms with van der Waals surface area (Å²) in [6, 6.07) is 5.93. The largest absolute Gasteiger partial charge is 0.382 e. The van der Waals surface area contributed by atoms with E-state index >= 15 is 0 Å². The minimum absolute atomic E-state index is 0.274. The molecule has 0 bridgehead atoms. The van der Waals surface area contributed by atoms with Gasteiger partial charge in [-0.2, -0.15) is 0 Å². The molecule has 0 fully saturated rings. The van der Waals surface area contributed by atoms with Gasteiger partial charge in [0.15, 0.2) is 0 Å². The van der Waals surface area contributed by atoms with Crippen molar-refractivity contribution in [3.63, 3.8) is 0 Å². The lowest BCUT2D eigenvalue weighted by Gasteiger charge is -2.01. The first-order chi connectivity index (χ1) is 8.22. The molecule has 0 unspecified atom stereocenters. The second-order valence-electron chi connectivity index (χ2n) is 3.20. The van der Waals surface area contributed by atoms with E-state index in [1.54, 1.807) is 12.1 Å². The Kier molecular flexibility index (Phi) is 5.92. The summed E-state index contributed by atoms with van der Waals surface area (Å²) in [6.45, 7) is 0.671. The molecular weight excluding hydrogens is 225 g/mol. The Hall–Kier alpha value is -1.72. The van der Waals surface area contributed by atoms with E-state index in [0.717, 1.165) is 0 Å². The lowest BCUT2D eigenvalue weighted by molar-refractivity contribution is -0.129. The summed E-state index contributed by atoms with van der Waals surface area (Å²) in [7, 11) is 1.54. The Bertz CT molecular complexity index is 393. The maximum atomic E-state index is 12.8. The normalized spacial score (nSPS) is 10.7. The average molecular weight is 239 g/mol. The third kappa shape index (κ3) is 5.79. The Morgan fingerprint density at radius 1 is 1.47 bits per heavy atom. The van der Waals surface area contributed by atoms with Gasteiger partial charge in [-0.3, -0.25) is 9.63 Å². The van der Waals surface area contributed by atoms with Gasteiger partial charge in [-0.1, -0.05) is 12.1 Å². The van der Waals surface area contributed by atoms with Crippen LogP contribution >= 0.6 is 0 Å². The SMILES string of the molecule is COCCONC(=O)/C=C/c1cccc(F)c1. The second-order valence-corrected chi connectivity index (χ2v) is 3.20. The minimum Gasteiger partial charge on any atom is -0.382 e. The summed E-state index contributed by atoms with van der Waals surface area (Å²) in [5, 5.41) is 0. The highest BCUT2D eigenvalue weighted by Crippen LogP contribution is 2.04. The van der Waals surface area contributed by atoms with Crippen molar-refractivity contribution in [3.05, 3.63) is 41.7 Å². The zero-order valence-corrected chi connectivity index (χ0v) is 9.48. The van der Waals surface area contributed by atoms with Crippen molar-refractivity contribution in [2.24, 2.45) is 0 Å². The van der Waals surface area contributed by atoms with Crippen LogP contribution in [0, 0.1) is 5.82 Å². The highest BCUT2D eigenvalue weighted by atomic mass is 19.1. The van der Waals surface area contributed by atoms with Gasteiger partial charge in [-0.25, -0.2) is 9.87 Å². The molecule has 0 saturated heterocycles. The van der Waals surface area contributed by atoms with Crippen molar-refractivity contribution in [1.82, 2.24) is 5.48 Å². The summed E-state index contributed by atoms with van der Waals surface area (Å²) in [5.41, 5.74) is 2.81. The van der Waals surface area contributed by atoms with Gasteiger partial charge in [-0.15, -0.1) is 0 Å². The van der Waals surface area contributed by atoms with Crippen molar-refractivity contribution in [3.8, 4) is 0 Å². The van der Waals surface area contributed by atoms with E-state index in [9.17, 15) is 9.18 Å². The van der Waals surface area contributed by atoms with Crippen LogP contribution in [0.1, 0.15) is 5.56 Å². The van der Waals surface area contributed by atoms with Gasteiger partial charge in [-0.05, 0) is 23.8 Å². The zero-order chi connectivity index (χ0) is 12.5. The highest BCUT2D eigenvalue weighted by molar-refractivity contribution is 5.90. The van der Waals surface area contributed by atoms with Crippen LogP contribution in [-0.4, -0.2) is 26.2 Å². The molecule has 0 aliphatic heterocycles. The number of benzene rings is 1. The molecule has 0 aliphatic rings. The second kappa shape index (κ2) is 7.54. The van der Waals surface area contributed by atoms with Gasteiger partial charge in [0.05, 0.1) is 13.2 Å². The Morgan fingerprint density at radius 2 is 2.29 bits per heavy atom.